The van der Waals surface area contributed by atoms with Crippen molar-refractivity contribution in [2.24, 2.45) is 0 Å². The maximum Gasteiger partial charge on any atom is 0.305 e. The number of nitrogens with zero attached hydrogens (tertiary/aromatic N) is 1. The van der Waals surface area contributed by atoms with Crippen LogP contribution in [-0.4, -0.2) is 30.1 Å². The summed E-state index contributed by atoms with van der Waals surface area (Å²) in [5, 5.41) is 8.75. The fourth-order valence-corrected chi connectivity index (χ4v) is 2.17. The topological polar surface area (TPSA) is 66.8 Å². The highest BCUT2D eigenvalue weighted by Gasteiger charge is 2.28. The second-order valence-corrected chi connectivity index (χ2v) is 4.83. The van der Waals surface area contributed by atoms with E-state index < -0.39 is 5.97 Å². The molecule has 102 valence electrons. The minimum atomic E-state index is -0.916. The fourth-order valence-electron chi connectivity index (χ4n) is 2.17. The van der Waals surface area contributed by atoms with E-state index in [2.05, 4.69) is 13.8 Å². The molecule has 5 heteroatoms. The number of para-hydroxylation sites is 1. The molecule has 0 aromatic heterocycles. The van der Waals surface area contributed by atoms with Crippen LogP contribution >= 0.6 is 0 Å². The van der Waals surface area contributed by atoms with Crippen molar-refractivity contribution >= 4 is 17.6 Å². The smallest absolute Gasteiger partial charge is 0.305 e. The van der Waals surface area contributed by atoms with Crippen molar-refractivity contribution in [3.05, 3.63) is 23.8 Å². The second kappa shape index (κ2) is 5.30. The van der Waals surface area contributed by atoms with Gasteiger partial charge in [0.25, 0.3) is 5.91 Å². The SMILES string of the molecule is CC(C)c1cccc2c1OCC(=O)N2CCC(=O)O. The van der Waals surface area contributed by atoms with Crippen molar-refractivity contribution < 1.29 is 19.4 Å². The third-order valence-corrected chi connectivity index (χ3v) is 3.13. The number of carboxylic acids is 1. The molecule has 1 aromatic carbocycles. The van der Waals surface area contributed by atoms with Gasteiger partial charge in [-0.05, 0) is 17.5 Å². The van der Waals surface area contributed by atoms with Crippen molar-refractivity contribution in [1.82, 2.24) is 0 Å². The zero-order chi connectivity index (χ0) is 14.0. The van der Waals surface area contributed by atoms with Crippen LogP contribution in [0.15, 0.2) is 18.2 Å². The van der Waals surface area contributed by atoms with E-state index in [1.807, 2.05) is 12.1 Å². The van der Waals surface area contributed by atoms with Crippen LogP contribution in [0.4, 0.5) is 5.69 Å². The molecule has 5 nitrogen and oxygen atoms in total. The first-order valence-corrected chi connectivity index (χ1v) is 6.28. The van der Waals surface area contributed by atoms with Gasteiger partial charge in [0.05, 0.1) is 12.1 Å². The van der Waals surface area contributed by atoms with Gasteiger partial charge in [0.2, 0.25) is 0 Å². The molecule has 0 atom stereocenters. The van der Waals surface area contributed by atoms with Crippen LogP contribution < -0.4 is 9.64 Å². The Kier molecular flexibility index (Phi) is 3.74. The molecular formula is C14H17NO4. The minimum absolute atomic E-state index is 0.0314. The quantitative estimate of drug-likeness (QED) is 0.902. The van der Waals surface area contributed by atoms with Crippen molar-refractivity contribution in [3.8, 4) is 5.75 Å². The van der Waals surface area contributed by atoms with Gasteiger partial charge in [0.1, 0.15) is 5.75 Å². The van der Waals surface area contributed by atoms with Gasteiger partial charge in [-0.15, -0.1) is 0 Å². The van der Waals surface area contributed by atoms with Crippen molar-refractivity contribution in [3.63, 3.8) is 0 Å². The van der Waals surface area contributed by atoms with Gasteiger partial charge in [-0.25, -0.2) is 0 Å². The van der Waals surface area contributed by atoms with Gasteiger partial charge in [0, 0.05) is 6.54 Å². The van der Waals surface area contributed by atoms with Crippen LogP contribution in [0.1, 0.15) is 31.7 Å². The molecule has 0 saturated carbocycles. The van der Waals surface area contributed by atoms with E-state index in [0.29, 0.717) is 11.4 Å². The highest BCUT2D eigenvalue weighted by molar-refractivity contribution is 5.98. The van der Waals surface area contributed by atoms with E-state index in [-0.39, 0.29) is 31.4 Å². The van der Waals surface area contributed by atoms with Crippen molar-refractivity contribution in [2.75, 3.05) is 18.1 Å². The number of carbonyl (C=O) groups is 2. The third-order valence-electron chi connectivity index (χ3n) is 3.13. The molecule has 0 unspecified atom stereocenters. The molecule has 1 aromatic rings. The number of aliphatic carboxylic acids is 1. The van der Waals surface area contributed by atoms with E-state index in [9.17, 15) is 9.59 Å². The number of rotatable bonds is 4. The molecule has 0 radical (unpaired) electrons. The number of ether oxygens (including phenoxy) is 1. The Bertz CT molecular complexity index is 510. The lowest BCUT2D eigenvalue weighted by Gasteiger charge is -2.31. The first kappa shape index (κ1) is 13.4. The number of amides is 1. The number of hydrogen-bond acceptors (Lipinski definition) is 3. The number of hydrogen-bond donors (Lipinski definition) is 1. The first-order chi connectivity index (χ1) is 9.00. The van der Waals surface area contributed by atoms with Gasteiger partial charge in [-0.3, -0.25) is 9.59 Å². The summed E-state index contributed by atoms with van der Waals surface area (Å²) in [5.74, 6) is -0.137. The molecule has 0 fully saturated rings. The molecule has 1 heterocycles. The molecule has 2 rings (SSSR count). The summed E-state index contributed by atoms with van der Waals surface area (Å²) in [5.41, 5.74) is 1.70. The summed E-state index contributed by atoms with van der Waals surface area (Å²) in [4.78, 5) is 24.0. The molecular weight excluding hydrogens is 246 g/mol. The van der Waals surface area contributed by atoms with Crippen molar-refractivity contribution in [1.29, 1.82) is 0 Å². The van der Waals surface area contributed by atoms with Gasteiger partial charge in [-0.2, -0.15) is 0 Å². The Morgan fingerprint density at radius 3 is 2.84 bits per heavy atom. The van der Waals surface area contributed by atoms with E-state index in [0.717, 1.165) is 5.56 Å². The average molecular weight is 263 g/mol. The lowest BCUT2D eigenvalue weighted by Crippen LogP contribution is -2.40. The Balaban J connectivity index is 2.36. The highest BCUT2D eigenvalue weighted by Crippen LogP contribution is 2.38. The van der Waals surface area contributed by atoms with E-state index in [1.54, 1.807) is 6.07 Å². The molecule has 1 aliphatic heterocycles. The van der Waals surface area contributed by atoms with Gasteiger partial charge >= 0.3 is 5.97 Å². The van der Waals surface area contributed by atoms with Gasteiger partial charge < -0.3 is 14.7 Å². The molecule has 0 aliphatic carbocycles. The number of benzene rings is 1. The standard InChI is InChI=1S/C14H17NO4/c1-9(2)10-4-3-5-11-14(10)19-8-12(16)15(11)7-6-13(17)18/h3-5,9H,6-8H2,1-2H3,(H,17,18). The Hall–Kier alpha value is -2.04. The minimum Gasteiger partial charge on any atom is -0.481 e. The summed E-state index contributed by atoms with van der Waals surface area (Å²) in [6, 6.07) is 5.62. The summed E-state index contributed by atoms with van der Waals surface area (Å²) in [7, 11) is 0. The molecule has 19 heavy (non-hydrogen) atoms. The number of anilines is 1. The zero-order valence-electron chi connectivity index (χ0n) is 11.0. The maximum absolute atomic E-state index is 11.9. The normalized spacial score (nSPS) is 14.3. The molecule has 0 saturated heterocycles. The number of carboxylic acid groups (broad SMARTS) is 1. The number of carbonyl (C=O) groups excluding carboxylic acids is 1. The lowest BCUT2D eigenvalue weighted by atomic mass is 10.00. The predicted molar refractivity (Wildman–Crippen MR) is 70.6 cm³/mol. The predicted octanol–water partition coefficient (Wildman–Crippen LogP) is 2.01. The summed E-state index contributed by atoms with van der Waals surface area (Å²) >= 11 is 0. The second-order valence-electron chi connectivity index (χ2n) is 4.83. The zero-order valence-corrected chi connectivity index (χ0v) is 11.0. The average Bonchev–Trinajstić information content (AvgIpc) is 2.36. The summed E-state index contributed by atoms with van der Waals surface area (Å²) in [6.07, 6.45) is -0.0723. The van der Waals surface area contributed by atoms with Crippen LogP contribution in [0.2, 0.25) is 0 Å². The third kappa shape index (κ3) is 2.70. The summed E-state index contributed by atoms with van der Waals surface area (Å²) in [6.45, 7) is 4.25. The van der Waals surface area contributed by atoms with E-state index >= 15 is 0 Å². The molecule has 0 spiro atoms. The van der Waals surface area contributed by atoms with Crippen molar-refractivity contribution in [2.45, 2.75) is 26.2 Å². The van der Waals surface area contributed by atoms with E-state index in [4.69, 9.17) is 9.84 Å². The first-order valence-electron chi connectivity index (χ1n) is 6.28. The molecule has 1 amide bonds. The molecule has 1 aliphatic rings. The maximum atomic E-state index is 11.9. The number of fused-ring (bicyclic) bond motifs is 1. The lowest BCUT2D eigenvalue weighted by molar-refractivity contribution is -0.136. The molecule has 1 N–H and O–H groups in total. The fraction of sp³-hybridized carbons (Fsp3) is 0.429. The molecule has 0 bridgehead atoms. The summed E-state index contributed by atoms with van der Waals surface area (Å²) < 4.78 is 5.53. The highest BCUT2D eigenvalue weighted by atomic mass is 16.5. The Labute approximate surface area is 111 Å². The van der Waals surface area contributed by atoms with Crippen LogP contribution in [0.3, 0.4) is 0 Å². The van der Waals surface area contributed by atoms with Gasteiger partial charge in [0.15, 0.2) is 6.61 Å². The van der Waals surface area contributed by atoms with Crippen LogP contribution in [0.25, 0.3) is 0 Å². The Morgan fingerprint density at radius 1 is 1.47 bits per heavy atom. The van der Waals surface area contributed by atoms with E-state index in [1.165, 1.54) is 4.90 Å². The van der Waals surface area contributed by atoms with Gasteiger partial charge in [-0.1, -0.05) is 26.0 Å². The largest absolute Gasteiger partial charge is 0.481 e. The monoisotopic (exact) mass is 263 g/mol. The van der Waals surface area contributed by atoms with Crippen LogP contribution in [0, 0.1) is 0 Å². The Morgan fingerprint density at radius 2 is 2.21 bits per heavy atom. The van der Waals surface area contributed by atoms with Crippen LogP contribution in [-0.2, 0) is 9.59 Å². The van der Waals surface area contributed by atoms with Crippen LogP contribution in [0.5, 0.6) is 5.75 Å².